The second-order valence-electron chi connectivity index (χ2n) is 5.36. The lowest BCUT2D eigenvalue weighted by Crippen LogP contribution is -2.48. The van der Waals surface area contributed by atoms with E-state index in [0.717, 1.165) is 25.4 Å². The van der Waals surface area contributed by atoms with Gasteiger partial charge >= 0.3 is 0 Å². The first kappa shape index (κ1) is 13.9. The van der Waals surface area contributed by atoms with Crippen molar-refractivity contribution >= 4 is 5.91 Å². The quantitative estimate of drug-likeness (QED) is 0.856. The molecule has 4 heteroatoms. The Balaban J connectivity index is 1.84. The highest BCUT2D eigenvalue weighted by Crippen LogP contribution is 2.25. The van der Waals surface area contributed by atoms with Crippen LogP contribution in [0.15, 0.2) is 24.3 Å². The molecule has 0 atom stereocenters. The summed E-state index contributed by atoms with van der Waals surface area (Å²) in [4.78, 5) is 12.0. The van der Waals surface area contributed by atoms with E-state index >= 15 is 0 Å². The SMILES string of the molecule is CCCOc1ccc(C(=O)NCC2(C)COC2)cc1. The molecule has 1 aliphatic rings. The summed E-state index contributed by atoms with van der Waals surface area (Å²) < 4.78 is 10.6. The molecule has 0 bridgehead atoms. The van der Waals surface area contributed by atoms with Crippen molar-refractivity contribution in [3.8, 4) is 5.75 Å². The van der Waals surface area contributed by atoms with Gasteiger partial charge in [-0.15, -0.1) is 0 Å². The summed E-state index contributed by atoms with van der Waals surface area (Å²) >= 11 is 0. The molecule has 1 aromatic rings. The van der Waals surface area contributed by atoms with Crippen molar-refractivity contribution in [2.75, 3.05) is 26.4 Å². The second-order valence-corrected chi connectivity index (χ2v) is 5.36. The minimum absolute atomic E-state index is 0.0461. The minimum Gasteiger partial charge on any atom is -0.494 e. The number of nitrogens with one attached hydrogen (secondary N) is 1. The zero-order chi connectivity index (χ0) is 13.7. The zero-order valence-electron chi connectivity index (χ0n) is 11.6. The van der Waals surface area contributed by atoms with Gasteiger partial charge in [0.2, 0.25) is 0 Å². The average molecular weight is 263 g/mol. The molecular weight excluding hydrogens is 242 g/mol. The van der Waals surface area contributed by atoms with Gasteiger partial charge in [-0.05, 0) is 30.7 Å². The van der Waals surface area contributed by atoms with Gasteiger partial charge in [0.15, 0.2) is 0 Å². The summed E-state index contributed by atoms with van der Waals surface area (Å²) in [5.41, 5.74) is 0.757. The molecule has 0 aromatic heterocycles. The summed E-state index contributed by atoms with van der Waals surface area (Å²) in [5.74, 6) is 0.757. The van der Waals surface area contributed by atoms with Gasteiger partial charge in [-0.3, -0.25) is 4.79 Å². The molecule has 0 spiro atoms. The molecule has 1 aliphatic heterocycles. The smallest absolute Gasteiger partial charge is 0.251 e. The Bertz CT molecular complexity index is 424. The summed E-state index contributed by atoms with van der Waals surface area (Å²) in [7, 11) is 0. The van der Waals surface area contributed by atoms with Crippen LogP contribution in [0.4, 0.5) is 0 Å². The van der Waals surface area contributed by atoms with Gasteiger partial charge in [-0.2, -0.15) is 0 Å². The van der Waals surface area contributed by atoms with E-state index in [1.165, 1.54) is 0 Å². The molecular formula is C15H21NO3. The number of rotatable bonds is 6. The summed E-state index contributed by atoms with van der Waals surface area (Å²) in [6.45, 7) is 6.96. The van der Waals surface area contributed by atoms with Crippen molar-refractivity contribution in [2.45, 2.75) is 20.3 Å². The molecule has 1 amide bonds. The highest BCUT2D eigenvalue weighted by molar-refractivity contribution is 5.94. The maximum atomic E-state index is 12.0. The fourth-order valence-corrected chi connectivity index (χ4v) is 1.87. The summed E-state index contributed by atoms with van der Waals surface area (Å²) in [6, 6.07) is 7.25. The van der Waals surface area contributed by atoms with Crippen LogP contribution in [0, 0.1) is 5.41 Å². The average Bonchev–Trinajstić information content (AvgIpc) is 2.41. The first-order chi connectivity index (χ1) is 9.13. The molecule has 4 nitrogen and oxygen atoms in total. The van der Waals surface area contributed by atoms with Crippen molar-refractivity contribution in [1.82, 2.24) is 5.32 Å². The van der Waals surface area contributed by atoms with Crippen molar-refractivity contribution in [2.24, 2.45) is 5.41 Å². The molecule has 104 valence electrons. The van der Waals surface area contributed by atoms with Gasteiger partial charge in [-0.25, -0.2) is 0 Å². The van der Waals surface area contributed by atoms with E-state index in [1.807, 2.05) is 12.1 Å². The Morgan fingerprint density at radius 1 is 1.37 bits per heavy atom. The lowest BCUT2D eigenvalue weighted by molar-refractivity contribution is -0.0978. The molecule has 1 heterocycles. The van der Waals surface area contributed by atoms with Crippen LogP contribution in [0.1, 0.15) is 30.6 Å². The predicted molar refractivity (Wildman–Crippen MR) is 73.5 cm³/mol. The van der Waals surface area contributed by atoms with E-state index in [9.17, 15) is 4.79 Å². The van der Waals surface area contributed by atoms with Crippen LogP contribution >= 0.6 is 0 Å². The Morgan fingerprint density at radius 2 is 2.05 bits per heavy atom. The normalized spacial score (nSPS) is 16.5. The van der Waals surface area contributed by atoms with Crippen LogP contribution < -0.4 is 10.1 Å². The molecule has 1 saturated heterocycles. The number of hydrogen-bond acceptors (Lipinski definition) is 3. The Morgan fingerprint density at radius 3 is 2.58 bits per heavy atom. The van der Waals surface area contributed by atoms with Crippen LogP contribution in [0.5, 0.6) is 5.75 Å². The van der Waals surface area contributed by atoms with Gasteiger partial charge in [-0.1, -0.05) is 13.8 Å². The Kier molecular flexibility index (Phi) is 4.43. The summed E-state index contributed by atoms with van der Waals surface area (Å²) in [5, 5.41) is 2.94. The Hall–Kier alpha value is -1.55. The van der Waals surface area contributed by atoms with Crippen LogP contribution in [-0.4, -0.2) is 32.3 Å². The van der Waals surface area contributed by atoms with Gasteiger partial charge in [0.25, 0.3) is 5.91 Å². The maximum absolute atomic E-state index is 12.0. The maximum Gasteiger partial charge on any atom is 0.251 e. The largest absolute Gasteiger partial charge is 0.494 e. The van der Waals surface area contributed by atoms with Crippen molar-refractivity contribution in [3.63, 3.8) is 0 Å². The lowest BCUT2D eigenvalue weighted by atomic mass is 9.88. The summed E-state index contributed by atoms with van der Waals surface area (Å²) in [6.07, 6.45) is 0.975. The fraction of sp³-hybridized carbons (Fsp3) is 0.533. The van der Waals surface area contributed by atoms with Crippen LogP contribution in [-0.2, 0) is 4.74 Å². The van der Waals surface area contributed by atoms with Gasteiger partial charge in [0, 0.05) is 17.5 Å². The molecule has 1 N–H and O–H groups in total. The van der Waals surface area contributed by atoms with Gasteiger partial charge in [0.1, 0.15) is 5.75 Å². The topological polar surface area (TPSA) is 47.6 Å². The monoisotopic (exact) mass is 263 g/mol. The predicted octanol–water partition coefficient (Wildman–Crippen LogP) is 2.24. The minimum atomic E-state index is -0.0461. The number of hydrogen-bond donors (Lipinski definition) is 1. The van der Waals surface area contributed by atoms with E-state index in [4.69, 9.17) is 9.47 Å². The molecule has 2 rings (SSSR count). The second kappa shape index (κ2) is 6.06. The van der Waals surface area contributed by atoms with E-state index in [2.05, 4.69) is 19.2 Å². The van der Waals surface area contributed by atoms with Crippen LogP contribution in [0.25, 0.3) is 0 Å². The molecule has 0 unspecified atom stereocenters. The highest BCUT2D eigenvalue weighted by Gasteiger charge is 2.33. The highest BCUT2D eigenvalue weighted by atomic mass is 16.5. The molecule has 0 aliphatic carbocycles. The van der Waals surface area contributed by atoms with Gasteiger partial charge < -0.3 is 14.8 Å². The molecule has 1 aromatic carbocycles. The molecule has 0 radical (unpaired) electrons. The number of carbonyl (C=O) groups is 1. The van der Waals surface area contributed by atoms with Gasteiger partial charge in [0.05, 0.1) is 19.8 Å². The zero-order valence-corrected chi connectivity index (χ0v) is 11.6. The third-order valence-corrected chi connectivity index (χ3v) is 3.17. The number of amides is 1. The molecule has 0 saturated carbocycles. The third-order valence-electron chi connectivity index (χ3n) is 3.17. The van der Waals surface area contributed by atoms with E-state index < -0.39 is 0 Å². The Labute approximate surface area is 114 Å². The molecule has 19 heavy (non-hydrogen) atoms. The van der Waals surface area contributed by atoms with Crippen molar-refractivity contribution in [3.05, 3.63) is 29.8 Å². The number of ether oxygens (including phenoxy) is 2. The molecule has 1 fully saturated rings. The van der Waals surface area contributed by atoms with E-state index in [-0.39, 0.29) is 11.3 Å². The van der Waals surface area contributed by atoms with Crippen molar-refractivity contribution < 1.29 is 14.3 Å². The number of benzene rings is 1. The number of carbonyl (C=O) groups excluding carboxylic acids is 1. The van der Waals surface area contributed by atoms with Crippen LogP contribution in [0.2, 0.25) is 0 Å². The first-order valence-corrected chi connectivity index (χ1v) is 6.72. The lowest BCUT2D eigenvalue weighted by Gasteiger charge is -2.38. The van der Waals surface area contributed by atoms with E-state index in [0.29, 0.717) is 18.7 Å². The third kappa shape index (κ3) is 3.70. The van der Waals surface area contributed by atoms with Crippen molar-refractivity contribution in [1.29, 1.82) is 0 Å². The standard InChI is InChI=1S/C15H21NO3/c1-3-8-19-13-6-4-12(5-7-13)14(17)16-9-15(2)10-18-11-15/h4-7H,3,8-11H2,1-2H3,(H,16,17). The first-order valence-electron chi connectivity index (χ1n) is 6.72. The van der Waals surface area contributed by atoms with E-state index in [1.54, 1.807) is 12.1 Å². The van der Waals surface area contributed by atoms with Crippen LogP contribution in [0.3, 0.4) is 0 Å². The fourth-order valence-electron chi connectivity index (χ4n) is 1.87.